The van der Waals surface area contributed by atoms with Crippen LogP contribution in [0.3, 0.4) is 0 Å². The van der Waals surface area contributed by atoms with Crippen LogP contribution in [0.4, 0.5) is 11.4 Å². The molecule has 0 saturated carbocycles. The van der Waals surface area contributed by atoms with E-state index in [1.54, 1.807) is 48.5 Å². The molecule has 0 atom stereocenters. The summed E-state index contributed by atoms with van der Waals surface area (Å²) in [5.41, 5.74) is 2.41. The number of ketones is 1. The van der Waals surface area contributed by atoms with E-state index in [4.69, 9.17) is 11.6 Å². The summed E-state index contributed by atoms with van der Waals surface area (Å²) in [7, 11) is 0. The summed E-state index contributed by atoms with van der Waals surface area (Å²) in [5, 5.41) is 17.2. The largest absolute Gasteiger partial charge is 0.392 e. The number of halogens is 1. The lowest BCUT2D eigenvalue weighted by Gasteiger charge is -2.16. The highest BCUT2D eigenvalue weighted by molar-refractivity contribution is 6.30. The van der Waals surface area contributed by atoms with Crippen molar-refractivity contribution >= 4 is 28.8 Å². The number of Topliss-reactive ketones (excluding diaryl/α,β-unsaturated/α-hetero) is 1. The minimum atomic E-state index is -0.385. The molecule has 0 fully saturated rings. The highest BCUT2D eigenvalue weighted by atomic mass is 35.5. The van der Waals surface area contributed by atoms with Crippen molar-refractivity contribution in [3.05, 3.63) is 75.0 Å². The Hall–Kier alpha value is -2.96. The van der Waals surface area contributed by atoms with Gasteiger partial charge in [-0.3, -0.25) is 9.59 Å². The van der Waals surface area contributed by atoms with Gasteiger partial charge in [-0.25, -0.2) is 4.68 Å². The van der Waals surface area contributed by atoms with E-state index in [-0.39, 0.29) is 29.2 Å². The average Bonchev–Trinajstić information content (AvgIpc) is 2.69. The summed E-state index contributed by atoms with van der Waals surface area (Å²) >= 11 is 6.11. The summed E-state index contributed by atoms with van der Waals surface area (Å²) in [5.74, 6) is -0.280. The standard InChI is InChI=1S/C21H20ClN3O3/c1-3-25-21(28)20(23-17-9-7-14(12-26)8-10-17)18(13(2)27)19(24-25)15-5-4-6-16(22)11-15/h4-11,23,26H,3,12H2,1-2H3. The number of benzene rings is 2. The SMILES string of the molecule is CCn1nc(-c2cccc(Cl)c2)c(C(C)=O)c(Nc2ccc(CO)cc2)c1=O. The normalized spacial score (nSPS) is 10.7. The number of carbonyl (C=O) groups is 1. The van der Waals surface area contributed by atoms with Crippen molar-refractivity contribution < 1.29 is 9.90 Å². The Kier molecular flexibility index (Phi) is 5.92. The number of nitrogens with zero attached hydrogens (tertiary/aromatic N) is 2. The first-order valence-corrected chi connectivity index (χ1v) is 9.21. The van der Waals surface area contributed by atoms with E-state index in [0.29, 0.717) is 28.5 Å². The molecule has 0 radical (unpaired) electrons. The van der Waals surface area contributed by atoms with Gasteiger partial charge in [-0.1, -0.05) is 35.9 Å². The number of aromatic nitrogens is 2. The van der Waals surface area contributed by atoms with E-state index in [9.17, 15) is 14.7 Å². The Labute approximate surface area is 167 Å². The van der Waals surface area contributed by atoms with Crippen molar-refractivity contribution in [2.45, 2.75) is 27.0 Å². The molecular formula is C21H20ClN3O3. The fourth-order valence-electron chi connectivity index (χ4n) is 2.92. The molecule has 3 aromatic rings. The molecule has 0 saturated heterocycles. The molecule has 144 valence electrons. The second-order valence-corrected chi connectivity index (χ2v) is 6.70. The van der Waals surface area contributed by atoms with Crippen LogP contribution < -0.4 is 10.9 Å². The van der Waals surface area contributed by atoms with Crippen molar-refractivity contribution in [1.82, 2.24) is 9.78 Å². The minimum absolute atomic E-state index is 0.0736. The van der Waals surface area contributed by atoms with Gasteiger partial charge in [0.05, 0.1) is 12.2 Å². The monoisotopic (exact) mass is 397 g/mol. The predicted molar refractivity (Wildman–Crippen MR) is 110 cm³/mol. The second-order valence-electron chi connectivity index (χ2n) is 6.27. The molecule has 0 aliphatic heterocycles. The van der Waals surface area contributed by atoms with Crippen LogP contribution in [0.2, 0.25) is 5.02 Å². The lowest BCUT2D eigenvalue weighted by atomic mass is 10.0. The third kappa shape index (κ3) is 3.98. The van der Waals surface area contributed by atoms with E-state index in [1.807, 2.05) is 6.92 Å². The molecule has 3 rings (SSSR count). The first-order valence-electron chi connectivity index (χ1n) is 8.83. The van der Waals surface area contributed by atoms with Crippen LogP contribution in [0.1, 0.15) is 29.8 Å². The molecule has 2 aromatic carbocycles. The number of aryl methyl sites for hydroxylation is 1. The molecule has 0 bridgehead atoms. The van der Waals surface area contributed by atoms with Crippen LogP contribution in [0.25, 0.3) is 11.3 Å². The molecule has 1 aromatic heterocycles. The van der Waals surface area contributed by atoms with Crippen molar-refractivity contribution in [1.29, 1.82) is 0 Å². The molecule has 0 unspecified atom stereocenters. The van der Waals surface area contributed by atoms with Crippen LogP contribution in [0, 0.1) is 0 Å². The number of anilines is 2. The Bertz CT molecular complexity index is 1080. The molecule has 28 heavy (non-hydrogen) atoms. The number of carbonyl (C=O) groups excluding carboxylic acids is 1. The molecule has 6 nitrogen and oxygen atoms in total. The maximum absolute atomic E-state index is 12.9. The lowest BCUT2D eigenvalue weighted by molar-refractivity contribution is 0.101. The fraction of sp³-hybridized carbons (Fsp3) is 0.190. The van der Waals surface area contributed by atoms with E-state index >= 15 is 0 Å². The summed E-state index contributed by atoms with van der Waals surface area (Å²) < 4.78 is 1.31. The van der Waals surface area contributed by atoms with Gasteiger partial charge in [-0.05, 0) is 43.7 Å². The molecule has 2 N–H and O–H groups in total. The van der Waals surface area contributed by atoms with Crippen molar-refractivity contribution in [2.24, 2.45) is 0 Å². The van der Waals surface area contributed by atoms with E-state index < -0.39 is 0 Å². The van der Waals surface area contributed by atoms with Crippen LogP contribution in [-0.2, 0) is 13.2 Å². The molecule has 1 heterocycles. The Morgan fingerprint density at radius 3 is 2.50 bits per heavy atom. The van der Waals surface area contributed by atoms with Crippen molar-refractivity contribution in [2.75, 3.05) is 5.32 Å². The predicted octanol–water partition coefficient (Wildman–Crippen LogP) is 4.02. The third-order valence-electron chi connectivity index (χ3n) is 4.31. The number of rotatable bonds is 6. The fourth-order valence-corrected chi connectivity index (χ4v) is 3.11. The Morgan fingerprint density at radius 2 is 1.93 bits per heavy atom. The van der Waals surface area contributed by atoms with Crippen LogP contribution in [0.5, 0.6) is 0 Å². The topological polar surface area (TPSA) is 84.2 Å². The zero-order valence-electron chi connectivity index (χ0n) is 15.6. The van der Waals surface area contributed by atoms with Crippen LogP contribution in [0.15, 0.2) is 53.3 Å². The van der Waals surface area contributed by atoms with Crippen molar-refractivity contribution in [3.63, 3.8) is 0 Å². The molecular weight excluding hydrogens is 378 g/mol. The molecule has 0 spiro atoms. The van der Waals surface area contributed by atoms with Crippen LogP contribution in [-0.4, -0.2) is 20.7 Å². The average molecular weight is 398 g/mol. The van der Waals surface area contributed by atoms with Gasteiger partial charge < -0.3 is 10.4 Å². The quantitative estimate of drug-likeness (QED) is 0.613. The van der Waals surface area contributed by atoms with Gasteiger partial charge in [0.15, 0.2) is 5.78 Å². The maximum Gasteiger partial charge on any atom is 0.291 e. The number of nitrogens with one attached hydrogen (secondary N) is 1. The van der Waals surface area contributed by atoms with E-state index in [0.717, 1.165) is 5.56 Å². The minimum Gasteiger partial charge on any atom is -0.392 e. The Balaban J connectivity index is 2.23. The summed E-state index contributed by atoms with van der Waals surface area (Å²) in [6.07, 6.45) is 0. The van der Waals surface area contributed by atoms with Crippen molar-refractivity contribution in [3.8, 4) is 11.3 Å². The van der Waals surface area contributed by atoms with Gasteiger partial charge in [-0.15, -0.1) is 0 Å². The zero-order chi connectivity index (χ0) is 20.3. The first-order chi connectivity index (χ1) is 13.4. The van der Waals surface area contributed by atoms with Gasteiger partial charge in [0, 0.05) is 22.8 Å². The number of aliphatic hydroxyl groups excluding tert-OH is 1. The number of aliphatic hydroxyl groups is 1. The Morgan fingerprint density at radius 1 is 1.21 bits per heavy atom. The molecule has 7 heteroatoms. The lowest BCUT2D eigenvalue weighted by Crippen LogP contribution is -2.28. The van der Waals surface area contributed by atoms with Crippen LogP contribution >= 0.6 is 11.6 Å². The second kappa shape index (κ2) is 8.37. The van der Waals surface area contributed by atoms with Gasteiger partial charge in [-0.2, -0.15) is 5.10 Å². The van der Waals surface area contributed by atoms with Gasteiger partial charge in [0.1, 0.15) is 11.4 Å². The zero-order valence-corrected chi connectivity index (χ0v) is 16.3. The molecule has 0 amide bonds. The summed E-state index contributed by atoms with van der Waals surface area (Å²) in [4.78, 5) is 25.4. The first kappa shape index (κ1) is 19.8. The van der Waals surface area contributed by atoms with E-state index in [2.05, 4.69) is 10.4 Å². The van der Waals surface area contributed by atoms with Gasteiger partial charge in [0.2, 0.25) is 0 Å². The summed E-state index contributed by atoms with van der Waals surface area (Å²) in [6.45, 7) is 3.49. The molecule has 0 aliphatic rings. The maximum atomic E-state index is 12.9. The third-order valence-corrected chi connectivity index (χ3v) is 4.55. The number of hydrogen-bond acceptors (Lipinski definition) is 5. The highest BCUT2D eigenvalue weighted by Crippen LogP contribution is 2.29. The molecule has 0 aliphatic carbocycles. The summed E-state index contributed by atoms with van der Waals surface area (Å²) in [6, 6.07) is 14.0. The smallest absolute Gasteiger partial charge is 0.291 e. The highest BCUT2D eigenvalue weighted by Gasteiger charge is 2.22. The number of hydrogen-bond donors (Lipinski definition) is 2. The van der Waals surface area contributed by atoms with Gasteiger partial charge in [0.25, 0.3) is 5.56 Å². The van der Waals surface area contributed by atoms with Gasteiger partial charge >= 0.3 is 0 Å². The van der Waals surface area contributed by atoms with E-state index in [1.165, 1.54) is 11.6 Å².